The van der Waals surface area contributed by atoms with Gasteiger partial charge in [0.25, 0.3) is 0 Å². The molecule has 1 fully saturated rings. The Morgan fingerprint density at radius 2 is 2.06 bits per heavy atom. The summed E-state index contributed by atoms with van der Waals surface area (Å²) in [6, 6.07) is 4.50. The van der Waals surface area contributed by atoms with Crippen molar-refractivity contribution in [1.82, 2.24) is 9.88 Å². The van der Waals surface area contributed by atoms with E-state index in [1.165, 1.54) is 0 Å². The van der Waals surface area contributed by atoms with Gasteiger partial charge in [0.1, 0.15) is 0 Å². The van der Waals surface area contributed by atoms with Gasteiger partial charge in [-0.2, -0.15) is 0 Å². The molecular weight excluding hydrogens is 224 g/mol. The monoisotopic (exact) mass is 248 g/mol. The molecule has 0 bridgehead atoms. The lowest BCUT2D eigenvalue weighted by molar-refractivity contribution is 0.0900. The van der Waals surface area contributed by atoms with E-state index in [-0.39, 0.29) is 5.92 Å². The first-order valence-corrected chi connectivity index (χ1v) is 7.19. The Morgan fingerprint density at radius 1 is 1.39 bits per heavy atom. The van der Waals surface area contributed by atoms with Gasteiger partial charge in [-0.3, -0.25) is 4.79 Å². The third kappa shape index (κ3) is 2.66. The van der Waals surface area contributed by atoms with Crippen LogP contribution in [0.25, 0.3) is 0 Å². The van der Waals surface area contributed by atoms with E-state index in [2.05, 4.69) is 29.9 Å². The summed E-state index contributed by atoms with van der Waals surface area (Å²) < 4.78 is 2.21. The lowest BCUT2D eigenvalue weighted by Crippen LogP contribution is -2.31. The maximum atomic E-state index is 12.5. The minimum atomic E-state index is 0.181. The highest BCUT2D eigenvalue weighted by molar-refractivity contribution is 5.96. The lowest BCUT2D eigenvalue weighted by Gasteiger charge is -2.26. The van der Waals surface area contributed by atoms with Crippen molar-refractivity contribution in [3.63, 3.8) is 0 Å². The summed E-state index contributed by atoms with van der Waals surface area (Å²) >= 11 is 0. The summed E-state index contributed by atoms with van der Waals surface area (Å²) in [6.45, 7) is 6.32. The summed E-state index contributed by atoms with van der Waals surface area (Å²) in [4.78, 5) is 12.5. The SMILES string of the molecule is CCC(CC)C(=O)c1cccn1C1CCNCC1. The highest BCUT2D eigenvalue weighted by atomic mass is 16.1. The Bertz CT molecular complexity index is 387. The van der Waals surface area contributed by atoms with Gasteiger partial charge in [-0.05, 0) is 50.9 Å². The predicted molar refractivity (Wildman–Crippen MR) is 74.0 cm³/mol. The van der Waals surface area contributed by atoms with E-state index in [4.69, 9.17) is 0 Å². The van der Waals surface area contributed by atoms with E-state index in [1.807, 2.05) is 12.1 Å². The molecule has 1 aromatic rings. The minimum absolute atomic E-state index is 0.181. The number of piperidine rings is 1. The fourth-order valence-corrected chi connectivity index (χ4v) is 2.87. The van der Waals surface area contributed by atoms with Crippen molar-refractivity contribution in [1.29, 1.82) is 0 Å². The van der Waals surface area contributed by atoms with E-state index in [9.17, 15) is 4.79 Å². The molecule has 0 radical (unpaired) electrons. The van der Waals surface area contributed by atoms with Gasteiger partial charge in [-0.1, -0.05) is 13.8 Å². The standard InChI is InChI=1S/C15H24N2O/c1-3-12(4-2)15(18)14-6-5-11-17(14)13-7-9-16-10-8-13/h5-6,11-13,16H,3-4,7-10H2,1-2H3. The molecule has 100 valence electrons. The van der Waals surface area contributed by atoms with Crippen LogP contribution in [-0.4, -0.2) is 23.4 Å². The van der Waals surface area contributed by atoms with Crippen LogP contribution < -0.4 is 5.32 Å². The molecule has 1 N–H and O–H groups in total. The van der Waals surface area contributed by atoms with Crippen LogP contribution in [0, 0.1) is 5.92 Å². The molecule has 18 heavy (non-hydrogen) atoms. The van der Waals surface area contributed by atoms with Crippen molar-refractivity contribution in [2.45, 2.75) is 45.6 Å². The molecule has 1 saturated heterocycles. The second-order valence-corrected chi connectivity index (χ2v) is 5.16. The Balaban J connectivity index is 2.18. The molecule has 0 aromatic carbocycles. The summed E-state index contributed by atoms with van der Waals surface area (Å²) in [5.41, 5.74) is 0.913. The number of ketones is 1. The van der Waals surface area contributed by atoms with Gasteiger partial charge in [0.15, 0.2) is 5.78 Å². The fraction of sp³-hybridized carbons (Fsp3) is 0.667. The number of Topliss-reactive ketones (excluding diaryl/α,β-unsaturated/α-hetero) is 1. The van der Waals surface area contributed by atoms with Crippen LogP contribution in [-0.2, 0) is 0 Å². The zero-order chi connectivity index (χ0) is 13.0. The van der Waals surface area contributed by atoms with Crippen LogP contribution in [0.3, 0.4) is 0 Å². The molecule has 0 aliphatic carbocycles. The molecule has 0 saturated carbocycles. The summed E-state index contributed by atoms with van der Waals surface area (Å²) in [5.74, 6) is 0.504. The zero-order valence-corrected chi connectivity index (χ0v) is 11.5. The number of nitrogens with one attached hydrogen (secondary N) is 1. The molecule has 1 aromatic heterocycles. The number of hydrogen-bond acceptors (Lipinski definition) is 2. The Morgan fingerprint density at radius 3 is 2.67 bits per heavy atom. The fourth-order valence-electron chi connectivity index (χ4n) is 2.87. The Labute approximate surface area is 110 Å². The molecule has 0 spiro atoms. The molecule has 1 aliphatic rings. The molecule has 1 aliphatic heterocycles. The van der Waals surface area contributed by atoms with Gasteiger partial charge in [0.2, 0.25) is 0 Å². The molecule has 3 nitrogen and oxygen atoms in total. The van der Waals surface area contributed by atoms with Crippen LogP contribution in [0.4, 0.5) is 0 Å². The Hall–Kier alpha value is -1.09. The average molecular weight is 248 g/mol. The molecule has 3 heteroatoms. The summed E-state index contributed by atoms with van der Waals surface area (Å²) in [5, 5.41) is 3.37. The summed E-state index contributed by atoms with van der Waals surface area (Å²) in [7, 11) is 0. The van der Waals surface area contributed by atoms with Crippen molar-refractivity contribution in [3.05, 3.63) is 24.0 Å². The lowest BCUT2D eigenvalue weighted by atomic mass is 9.95. The maximum Gasteiger partial charge on any atom is 0.182 e. The van der Waals surface area contributed by atoms with Crippen LogP contribution in [0.5, 0.6) is 0 Å². The van der Waals surface area contributed by atoms with Gasteiger partial charge in [0.05, 0.1) is 5.69 Å². The maximum absolute atomic E-state index is 12.5. The van der Waals surface area contributed by atoms with Gasteiger partial charge in [0, 0.05) is 18.2 Å². The first-order valence-electron chi connectivity index (χ1n) is 7.19. The molecule has 0 unspecified atom stereocenters. The van der Waals surface area contributed by atoms with E-state index in [1.54, 1.807) is 0 Å². The zero-order valence-electron chi connectivity index (χ0n) is 11.5. The molecule has 2 heterocycles. The van der Waals surface area contributed by atoms with Gasteiger partial charge >= 0.3 is 0 Å². The first kappa shape index (κ1) is 13.3. The molecule has 2 rings (SSSR count). The highest BCUT2D eigenvalue weighted by Crippen LogP contribution is 2.24. The van der Waals surface area contributed by atoms with Crippen molar-refractivity contribution in [2.75, 3.05) is 13.1 Å². The van der Waals surface area contributed by atoms with Crippen molar-refractivity contribution >= 4 is 5.78 Å². The van der Waals surface area contributed by atoms with Gasteiger partial charge < -0.3 is 9.88 Å². The molecule has 0 amide bonds. The van der Waals surface area contributed by atoms with E-state index >= 15 is 0 Å². The summed E-state index contributed by atoms with van der Waals surface area (Å²) in [6.07, 6.45) is 6.20. The number of carbonyl (C=O) groups excluding carboxylic acids is 1. The van der Waals surface area contributed by atoms with Crippen molar-refractivity contribution in [3.8, 4) is 0 Å². The van der Waals surface area contributed by atoms with Crippen molar-refractivity contribution in [2.24, 2.45) is 5.92 Å². The number of hydrogen-bond donors (Lipinski definition) is 1. The number of rotatable bonds is 5. The van der Waals surface area contributed by atoms with Crippen LogP contribution >= 0.6 is 0 Å². The minimum Gasteiger partial charge on any atom is -0.342 e. The van der Waals surface area contributed by atoms with E-state index in [0.717, 1.165) is 44.5 Å². The van der Waals surface area contributed by atoms with Gasteiger partial charge in [-0.25, -0.2) is 0 Å². The molecule has 0 atom stereocenters. The largest absolute Gasteiger partial charge is 0.342 e. The third-order valence-corrected chi connectivity index (χ3v) is 4.09. The van der Waals surface area contributed by atoms with Crippen molar-refractivity contribution < 1.29 is 4.79 Å². The highest BCUT2D eigenvalue weighted by Gasteiger charge is 2.23. The predicted octanol–water partition coefficient (Wildman–Crippen LogP) is 3.03. The first-order chi connectivity index (χ1) is 8.77. The second kappa shape index (κ2) is 6.19. The van der Waals surface area contributed by atoms with Gasteiger partial charge in [-0.15, -0.1) is 0 Å². The quantitative estimate of drug-likeness (QED) is 0.813. The second-order valence-electron chi connectivity index (χ2n) is 5.16. The van der Waals surface area contributed by atoms with Crippen LogP contribution in [0.1, 0.15) is 56.1 Å². The number of carbonyl (C=O) groups is 1. The average Bonchev–Trinajstić information content (AvgIpc) is 2.90. The number of aromatic nitrogens is 1. The number of nitrogens with zero attached hydrogens (tertiary/aromatic N) is 1. The van der Waals surface area contributed by atoms with E-state index in [0.29, 0.717) is 11.8 Å². The topological polar surface area (TPSA) is 34.0 Å². The smallest absolute Gasteiger partial charge is 0.182 e. The molecular formula is C15H24N2O. The van der Waals surface area contributed by atoms with Crippen LogP contribution in [0.2, 0.25) is 0 Å². The normalized spacial score (nSPS) is 17.3. The van der Waals surface area contributed by atoms with Crippen LogP contribution in [0.15, 0.2) is 18.3 Å². The van der Waals surface area contributed by atoms with E-state index < -0.39 is 0 Å². The Kier molecular flexibility index (Phi) is 4.59. The third-order valence-electron chi connectivity index (χ3n) is 4.09.